The lowest BCUT2D eigenvalue weighted by Gasteiger charge is -2.17. The topological polar surface area (TPSA) is 103 Å². The second-order valence-electron chi connectivity index (χ2n) is 6.26. The Hall–Kier alpha value is -1.99. The van der Waals surface area contributed by atoms with Crippen LogP contribution in [0.25, 0.3) is 0 Å². The van der Waals surface area contributed by atoms with E-state index in [1.807, 2.05) is 13.8 Å². The second-order valence-corrected chi connectivity index (χ2v) is 6.26. The fourth-order valence-corrected chi connectivity index (χ4v) is 2.04. The van der Waals surface area contributed by atoms with Crippen molar-refractivity contribution in [2.24, 2.45) is 11.7 Å². The van der Waals surface area contributed by atoms with Crippen LogP contribution in [-0.2, 0) is 9.59 Å². The molecular formula is C17H26ClN3O4. The van der Waals surface area contributed by atoms with Crippen molar-refractivity contribution < 1.29 is 19.1 Å². The van der Waals surface area contributed by atoms with Crippen LogP contribution in [-0.4, -0.2) is 37.6 Å². The zero-order valence-corrected chi connectivity index (χ0v) is 15.5. The number of halogens is 1. The normalized spacial score (nSPS) is 14.3. The number of anilines is 1. The maximum absolute atomic E-state index is 12.0. The quantitative estimate of drug-likeness (QED) is 0.645. The van der Waals surface area contributed by atoms with Gasteiger partial charge in [-0.15, -0.1) is 12.4 Å². The highest BCUT2D eigenvalue weighted by molar-refractivity contribution is 5.95. The van der Waals surface area contributed by atoms with Gasteiger partial charge in [-0.2, -0.15) is 0 Å². The van der Waals surface area contributed by atoms with E-state index in [1.165, 1.54) is 7.11 Å². The first kappa shape index (κ1) is 21.1. The lowest BCUT2D eigenvalue weighted by Crippen LogP contribution is -2.39. The summed E-state index contributed by atoms with van der Waals surface area (Å²) in [5.74, 6) is 0.466. The van der Waals surface area contributed by atoms with E-state index in [2.05, 4.69) is 10.6 Å². The van der Waals surface area contributed by atoms with E-state index in [9.17, 15) is 9.59 Å². The van der Waals surface area contributed by atoms with E-state index in [0.29, 0.717) is 17.2 Å². The molecule has 0 saturated heterocycles. The van der Waals surface area contributed by atoms with Crippen LogP contribution < -0.4 is 25.8 Å². The molecule has 2 amide bonds. The summed E-state index contributed by atoms with van der Waals surface area (Å²) in [5.41, 5.74) is 6.37. The third kappa shape index (κ3) is 6.43. The van der Waals surface area contributed by atoms with E-state index >= 15 is 0 Å². The summed E-state index contributed by atoms with van der Waals surface area (Å²) in [7, 11) is 1.51. The molecule has 0 radical (unpaired) electrons. The number of methoxy groups -OCH3 is 1. The van der Waals surface area contributed by atoms with Crippen LogP contribution in [0.2, 0.25) is 0 Å². The molecule has 2 rings (SSSR count). The zero-order chi connectivity index (χ0) is 17.7. The van der Waals surface area contributed by atoms with Crippen LogP contribution in [0.15, 0.2) is 18.2 Å². The number of amides is 2. The Morgan fingerprint density at radius 2 is 1.96 bits per heavy atom. The minimum absolute atomic E-state index is 0. The number of hydrogen-bond acceptors (Lipinski definition) is 5. The fraction of sp³-hybridized carbons (Fsp3) is 0.529. The average molecular weight is 372 g/mol. The molecule has 140 valence electrons. The lowest BCUT2D eigenvalue weighted by atomic mass is 10.0. The molecule has 0 spiro atoms. The number of carbonyl (C=O) groups is 2. The smallest absolute Gasteiger partial charge is 0.258 e. The summed E-state index contributed by atoms with van der Waals surface area (Å²) in [6.45, 7) is 3.66. The number of benzene rings is 1. The van der Waals surface area contributed by atoms with Gasteiger partial charge in [0, 0.05) is 17.8 Å². The maximum atomic E-state index is 12.0. The van der Waals surface area contributed by atoms with Crippen molar-refractivity contribution >= 4 is 29.9 Å². The monoisotopic (exact) mass is 371 g/mol. The molecule has 7 nitrogen and oxygen atoms in total. The summed E-state index contributed by atoms with van der Waals surface area (Å²) in [5, 5.41) is 5.59. The standard InChI is InChI=1S/C17H25N3O4.ClH/c1-10(2)16(18)17(22)20-12-6-7-13(23-3)14(8-12)24-9-15(21)19-11-4-5-11;/h6-8,10-11,16H,4-5,9,18H2,1-3H3,(H,19,21)(H,20,22);1H/t16-;/m0./s1. The minimum Gasteiger partial charge on any atom is -0.493 e. The largest absolute Gasteiger partial charge is 0.493 e. The molecule has 1 aliphatic carbocycles. The maximum Gasteiger partial charge on any atom is 0.258 e. The highest BCUT2D eigenvalue weighted by Crippen LogP contribution is 2.30. The molecule has 1 saturated carbocycles. The van der Waals surface area contributed by atoms with Crippen LogP contribution >= 0.6 is 12.4 Å². The first-order chi connectivity index (χ1) is 11.4. The lowest BCUT2D eigenvalue weighted by molar-refractivity contribution is -0.123. The Balaban J connectivity index is 0.00000312. The van der Waals surface area contributed by atoms with E-state index < -0.39 is 6.04 Å². The molecule has 1 fully saturated rings. The summed E-state index contributed by atoms with van der Waals surface area (Å²) < 4.78 is 10.8. The summed E-state index contributed by atoms with van der Waals surface area (Å²) in [6, 6.07) is 4.67. The third-order valence-corrected chi connectivity index (χ3v) is 3.75. The SMILES string of the molecule is COc1ccc(NC(=O)[C@@H](N)C(C)C)cc1OCC(=O)NC1CC1.Cl. The predicted octanol–water partition coefficient (Wildman–Crippen LogP) is 1.70. The molecule has 0 bridgehead atoms. The number of nitrogens with two attached hydrogens (primary N) is 1. The van der Waals surface area contributed by atoms with Crippen LogP contribution in [0, 0.1) is 5.92 Å². The van der Waals surface area contributed by atoms with Crippen LogP contribution in [0.1, 0.15) is 26.7 Å². The molecule has 4 N–H and O–H groups in total. The van der Waals surface area contributed by atoms with E-state index in [-0.39, 0.29) is 42.8 Å². The van der Waals surface area contributed by atoms with Crippen molar-refractivity contribution in [3.63, 3.8) is 0 Å². The van der Waals surface area contributed by atoms with Crippen LogP contribution in [0.3, 0.4) is 0 Å². The van der Waals surface area contributed by atoms with Gasteiger partial charge in [-0.3, -0.25) is 9.59 Å². The zero-order valence-electron chi connectivity index (χ0n) is 14.7. The molecule has 1 aliphatic rings. The Kier molecular flexibility index (Phi) is 7.99. The molecular weight excluding hydrogens is 346 g/mol. The van der Waals surface area contributed by atoms with Gasteiger partial charge < -0.3 is 25.8 Å². The second kappa shape index (κ2) is 9.48. The third-order valence-electron chi connectivity index (χ3n) is 3.75. The summed E-state index contributed by atoms with van der Waals surface area (Å²) >= 11 is 0. The van der Waals surface area contributed by atoms with Gasteiger partial charge in [0.05, 0.1) is 13.2 Å². The van der Waals surface area contributed by atoms with Gasteiger partial charge in [-0.25, -0.2) is 0 Å². The van der Waals surface area contributed by atoms with Crippen molar-refractivity contribution in [1.82, 2.24) is 5.32 Å². The van der Waals surface area contributed by atoms with E-state index in [4.69, 9.17) is 15.2 Å². The summed E-state index contributed by atoms with van der Waals surface area (Å²) in [6.07, 6.45) is 2.04. The number of carbonyl (C=O) groups excluding carboxylic acids is 2. The molecule has 0 aliphatic heterocycles. The first-order valence-electron chi connectivity index (χ1n) is 8.07. The molecule has 0 unspecified atom stereocenters. The molecule has 25 heavy (non-hydrogen) atoms. The van der Waals surface area contributed by atoms with Gasteiger partial charge in [0.2, 0.25) is 5.91 Å². The molecule has 0 aromatic heterocycles. The highest BCUT2D eigenvalue weighted by atomic mass is 35.5. The Bertz CT molecular complexity index is 606. The van der Waals surface area contributed by atoms with E-state index in [1.54, 1.807) is 18.2 Å². The Morgan fingerprint density at radius 1 is 1.28 bits per heavy atom. The Labute approximate surface area is 154 Å². The van der Waals surface area contributed by atoms with Crippen molar-refractivity contribution in [2.75, 3.05) is 19.0 Å². The van der Waals surface area contributed by atoms with Crippen molar-refractivity contribution in [2.45, 2.75) is 38.8 Å². The Morgan fingerprint density at radius 3 is 2.52 bits per heavy atom. The van der Waals surface area contributed by atoms with Crippen molar-refractivity contribution in [1.29, 1.82) is 0 Å². The number of hydrogen-bond donors (Lipinski definition) is 3. The molecule has 1 aromatic rings. The molecule has 0 heterocycles. The van der Waals surface area contributed by atoms with E-state index in [0.717, 1.165) is 12.8 Å². The minimum atomic E-state index is -0.596. The van der Waals surface area contributed by atoms with Gasteiger partial charge >= 0.3 is 0 Å². The van der Waals surface area contributed by atoms with Gasteiger partial charge in [-0.05, 0) is 30.9 Å². The van der Waals surface area contributed by atoms with Crippen molar-refractivity contribution in [3.8, 4) is 11.5 Å². The highest BCUT2D eigenvalue weighted by Gasteiger charge is 2.23. The van der Waals surface area contributed by atoms with Gasteiger partial charge in [-0.1, -0.05) is 13.8 Å². The van der Waals surface area contributed by atoms with Gasteiger partial charge in [0.1, 0.15) is 0 Å². The van der Waals surface area contributed by atoms with Crippen LogP contribution in [0.5, 0.6) is 11.5 Å². The predicted molar refractivity (Wildman–Crippen MR) is 98.3 cm³/mol. The first-order valence-corrected chi connectivity index (χ1v) is 8.07. The molecule has 1 aromatic carbocycles. The fourth-order valence-electron chi connectivity index (χ4n) is 2.04. The van der Waals surface area contributed by atoms with Crippen molar-refractivity contribution in [3.05, 3.63) is 18.2 Å². The van der Waals surface area contributed by atoms with Crippen LogP contribution in [0.4, 0.5) is 5.69 Å². The van der Waals surface area contributed by atoms with Gasteiger partial charge in [0.25, 0.3) is 5.91 Å². The number of rotatable bonds is 8. The molecule has 1 atom stereocenters. The summed E-state index contributed by atoms with van der Waals surface area (Å²) in [4.78, 5) is 23.8. The molecule has 8 heteroatoms. The number of ether oxygens (including phenoxy) is 2. The average Bonchev–Trinajstić information content (AvgIpc) is 3.36. The number of nitrogens with one attached hydrogen (secondary N) is 2. The van der Waals surface area contributed by atoms with Gasteiger partial charge in [0.15, 0.2) is 18.1 Å².